The molecular formula is C14H18O. The van der Waals surface area contributed by atoms with Crippen molar-refractivity contribution in [1.29, 1.82) is 0 Å². The summed E-state index contributed by atoms with van der Waals surface area (Å²) in [6, 6.07) is 10.5. The Labute approximate surface area is 91.8 Å². The Morgan fingerprint density at radius 3 is 2.60 bits per heavy atom. The van der Waals surface area contributed by atoms with Crippen molar-refractivity contribution in [3.63, 3.8) is 0 Å². The summed E-state index contributed by atoms with van der Waals surface area (Å²) in [6.45, 7) is 4.25. The zero-order chi connectivity index (χ0) is 10.7. The van der Waals surface area contributed by atoms with Crippen LogP contribution in [0.15, 0.2) is 42.0 Å². The first kappa shape index (κ1) is 10.4. The van der Waals surface area contributed by atoms with Gasteiger partial charge in [-0.15, -0.1) is 0 Å². The maximum Gasteiger partial charge on any atom is 0.0834 e. The van der Waals surface area contributed by atoms with Crippen LogP contribution in [0.1, 0.15) is 38.4 Å². The highest BCUT2D eigenvalue weighted by atomic mass is 16.5. The van der Waals surface area contributed by atoms with Crippen molar-refractivity contribution in [2.45, 2.75) is 38.9 Å². The van der Waals surface area contributed by atoms with Crippen LogP contribution in [0.25, 0.3) is 0 Å². The largest absolute Gasteiger partial charge is 0.366 e. The van der Waals surface area contributed by atoms with Crippen molar-refractivity contribution >= 4 is 0 Å². The molecule has 1 heteroatoms. The van der Waals surface area contributed by atoms with Crippen molar-refractivity contribution in [3.05, 3.63) is 47.5 Å². The molecule has 1 aliphatic heterocycles. The summed E-state index contributed by atoms with van der Waals surface area (Å²) in [7, 11) is 0. The minimum atomic E-state index is 0.298. The molecular weight excluding hydrogens is 184 g/mol. The first-order valence-corrected chi connectivity index (χ1v) is 5.61. The van der Waals surface area contributed by atoms with E-state index in [0.717, 1.165) is 12.8 Å². The molecule has 1 saturated heterocycles. The molecule has 1 aliphatic rings. The normalized spacial score (nSPS) is 25.2. The van der Waals surface area contributed by atoms with Crippen LogP contribution < -0.4 is 0 Å². The first-order valence-electron chi connectivity index (χ1n) is 5.61. The fraction of sp³-hybridized carbons (Fsp3) is 0.429. The summed E-state index contributed by atoms with van der Waals surface area (Å²) in [5.41, 5.74) is 2.65. The van der Waals surface area contributed by atoms with Crippen LogP contribution in [0.2, 0.25) is 0 Å². The Morgan fingerprint density at radius 2 is 1.93 bits per heavy atom. The maximum absolute atomic E-state index is 5.98. The molecule has 1 nitrogen and oxygen atoms in total. The number of ether oxygens (including phenoxy) is 1. The highest BCUT2D eigenvalue weighted by molar-refractivity contribution is 5.19. The van der Waals surface area contributed by atoms with Crippen LogP contribution in [0, 0.1) is 0 Å². The lowest BCUT2D eigenvalue weighted by molar-refractivity contribution is 0.0707. The third-order valence-electron chi connectivity index (χ3n) is 2.74. The van der Waals surface area contributed by atoms with Gasteiger partial charge in [0.25, 0.3) is 0 Å². The lowest BCUT2D eigenvalue weighted by Gasteiger charge is -2.11. The standard InChI is InChI=1S/C14H18O/c1-11(2)10-13-8-9-14(15-13)12-6-4-3-5-7-12/h3-7,10,13-14H,8-9H2,1-2H3/t13-,14+/m1/s1. The number of benzene rings is 1. The van der Waals surface area contributed by atoms with E-state index in [-0.39, 0.29) is 0 Å². The van der Waals surface area contributed by atoms with Gasteiger partial charge >= 0.3 is 0 Å². The number of hydrogen-bond acceptors (Lipinski definition) is 1. The van der Waals surface area contributed by atoms with Gasteiger partial charge in [0.2, 0.25) is 0 Å². The highest BCUT2D eigenvalue weighted by Crippen LogP contribution is 2.33. The van der Waals surface area contributed by atoms with E-state index in [1.165, 1.54) is 11.1 Å². The quantitative estimate of drug-likeness (QED) is 0.661. The minimum absolute atomic E-state index is 0.298. The van der Waals surface area contributed by atoms with E-state index >= 15 is 0 Å². The highest BCUT2D eigenvalue weighted by Gasteiger charge is 2.24. The van der Waals surface area contributed by atoms with Crippen molar-refractivity contribution in [2.75, 3.05) is 0 Å². The second-order valence-electron chi connectivity index (χ2n) is 4.40. The fourth-order valence-electron chi connectivity index (χ4n) is 2.07. The van der Waals surface area contributed by atoms with Crippen molar-refractivity contribution in [3.8, 4) is 0 Å². The molecule has 0 bridgehead atoms. The smallest absolute Gasteiger partial charge is 0.0834 e. The molecule has 1 fully saturated rings. The summed E-state index contributed by atoms with van der Waals surface area (Å²) >= 11 is 0. The lowest BCUT2D eigenvalue weighted by atomic mass is 10.1. The van der Waals surface area contributed by atoms with E-state index in [0.29, 0.717) is 12.2 Å². The molecule has 0 aliphatic carbocycles. The molecule has 0 aromatic heterocycles. The molecule has 1 aromatic carbocycles. The van der Waals surface area contributed by atoms with Gasteiger partial charge in [-0.2, -0.15) is 0 Å². The molecule has 0 amide bonds. The van der Waals surface area contributed by atoms with Crippen LogP contribution in [0.5, 0.6) is 0 Å². The topological polar surface area (TPSA) is 9.23 Å². The molecule has 1 aromatic rings. The van der Waals surface area contributed by atoms with Crippen molar-refractivity contribution < 1.29 is 4.74 Å². The summed E-state index contributed by atoms with van der Waals surface area (Å²) in [4.78, 5) is 0. The molecule has 0 saturated carbocycles. The Morgan fingerprint density at radius 1 is 1.20 bits per heavy atom. The van der Waals surface area contributed by atoms with Crippen molar-refractivity contribution in [2.24, 2.45) is 0 Å². The van der Waals surface area contributed by atoms with Crippen LogP contribution in [-0.4, -0.2) is 6.10 Å². The van der Waals surface area contributed by atoms with Gasteiger partial charge in [0, 0.05) is 0 Å². The number of hydrogen-bond donors (Lipinski definition) is 0. The number of rotatable bonds is 2. The second kappa shape index (κ2) is 4.63. The van der Waals surface area contributed by atoms with Crippen LogP contribution in [0.4, 0.5) is 0 Å². The van der Waals surface area contributed by atoms with Crippen molar-refractivity contribution in [1.82, 2.24) is 0 Å². The zero-order valence-corrected chi connectivity index (χ0v) is 9.44. The molecule has 0 unspecified atom stereocenters. The summed E-state index contributed by atoms with van der Waals surface area (Å²) in [5, 5.41) is 0. The molecule has 2 atom stereocenters. The minimum Gasteiger partial charge on any atom is -0.366 e. The van der Waals surface area contributed by atoms with Gasteiger partial charge in [-0.25, -0.2) is 0 Å². The Bertz CT molecular complexity index is 336. The summed E-state index contributed by atoms with van der Waals surface area (Å²) < 4.78 is 5.98. The Hall–Kier alpha value is -1.08. The van der Waals surface area contributed by atoms with Crippen LogP contribution >= 0.6 is 0 Å². The van der Waals surface area contributed by atoms with Gasteiger partial charge in [-0.3, -0.25) is 0 Å². The van der Waals surface area contributed by atoms with Gasteiger partial charge in [-0.1, -0.05) is 42.0 Å². The molecule has 0 spiro atoms. The molecule has 0 N–H and O–H groups in total. The Balaban J connectivity index is 2.02. The third kappa shape index (κ3) is 2.69. The van der Waals surface area contributed by atoms with Gasteiger partial charge in [0.15, 0.2) is 0 Å². The average Bonchev–Trinajstić information content (AvgIpc) is 2.67. The summed E-state index contributed by atoms with van der Waals surface area (Å²) in [5.74, 6) is 0. The predicted octanol–water partition coefficient (Wildman–Crippen LogP) is 3.87. The maximum atomic E-state index is 5.98. The fourth-order valence-corrected chi connectivity index (χ4v) is 2.07. The van der Waals surface area contributed by atoms with E-state index in [9.17, 15) is 0 Å². The van der Waals surface area contributed by atoms with Gasteiger partial charge < -0.3 is 4.74 Å². The van der Waals surface area contributed by atoms with E-state index < -0.39 is 0 Å². The number of allylic oxidation sites excluding steroid dienone is 1. The molecule has 1 heterocycles. The van der Waals surface area contributed by atoms with E-state index in [1.807, 2.05) is 6.07 Å². The zero-order valence-electron chi connectivity index (χ0n) is 9.44. The SMILES string of the molecule is CC(C)=C[C@H]1CC[C@@H](c2ccccc2)O1. The van der Waals surface area contributed by atoms with Gasteiger partial charge in [0.05, 0.1) is 12.2 Å². The van der Waals surface area contributed by atoms with Crippen LogP contribution in [0.3, 0.4) is 0 Å². The van der Waals surface area contributed by atoms with E-state index in [2.05, 4.69) is 44.2 Å². The molecule has 2 rings (SSSR count). The van der Waals surface area contributed by atoms with E-state index in [4.69, 9.17) is 4.74 Å². The second-order valence-corrected chi connectivity index (χ2v) is 4.40. The lowest BCUT2D eigenvalue weighted by Crippen LogP contribution is -2.03. The first-order chi connectivity index (χ1) is 7.25. The van der Waals surface area contributed by atoms with Gasteiger partial charge in [0.1, 0.15) is 0 Å². The van der Waals surface area contributed by atoms with Crippen LogP contribution in [-0.2, 0) is 4.74 Å². The average molecular weight is 202 g/mol. The predicted molar refractivity (Wildman–Crippen MR) is 62.7 cm³/mol. The van der Waals surface area contributed by atoms with Gasteiger partial charge in [-0.05, 0) is 32.3 Å². The molecule has 15 heavy (non-hydrogen) atoms. The molecule has 0 radical (unpaired) electrons. The summed E-state index contributed by atoms with van der Waals surface area (Å²) in [6.07, 6.45) is 5.12. The Kier molecular flexibility index (Phi) is 3.22. The monoisotopic (exact) mass is 202 g/mol. The molecule has 80 valence electrons. The third-order valence-corrected chi connectivity index (χ3v) is 2.74. The van der Waals surface area contributed by atoms with E-state index in [1.54, 1.807) is 0 Å².